The van der Waals surface area contributed by atoms with Crippen LogP contribution < -0.4 is 10.1 Å². The average molecular weight is 342 g/mol. The van der Waals surface area contributed by atoms with E-state index in [9.17, 15) is 0 Å². The summed E-state index contributed by atoms with van der Waals surface area (Å²) in [4.78, 5) is 0. The highest BCUT2D eigenvalue weighted by Gasteiger charge is 2.03. The molecule has 5 nitrogen and oxygen atoms in total. The molecule has 0 saturated carbocycles. The Balaban J connectivity index is 1.36. The van der Waals surface area contributed by atoms with Crippen molar-refractivity contribution in [1.82, 2.24) is 15.0 Å². The zero-order valence-electron chi connectivity index (χ0n) is 14.1. The van der Waals surface area contributed by atoms with Crippen molar-refractivity contribution >= 4 is 5.69 Å². The molecule has 0 spiro atoms. The van der Waals surface area contributed by atoms with Gasteiger partial charge >= 0.3 is 0 Å². The summed E-state index contributed by atoms with van der Waals surface area (Å²) < 4.78 is 7.57. The Hall–Kier alpha value is -3.60. The van der Waals surface area contributed by atoms with Crippen molar-refractivity contribution in [3.63, 3.8) is 0 Å². The average Bonchev–Trinajstić information content (AvgIpc) is 3.18. The number of hydrogen-bond donors (Lipinski definition) is 1. The number of nitrogens with zero attached hydrogens (tertiary/aromatic N) is 3. The molecule has 26 heavy (non-hydrogen) atoms. The molecule has 0 unspecified atom stereocenters. The van der Waals surface area contributed by atoms with E-state index in [1.165, 1.54) is 0 Å². The molecule has 3 aromatic carbocycles. The van der Waals surface area contributed by atoms with Crippen LogP contribution in [-0.4, -0.2) is 15.0 Å². The summed E-state index contributed by atoms with van der Waals surface area (Å²) in [5.41, 5.74) is 2.87. The minimum absolute atomic E-state index is 0.603. The fourth-order valence-corrected chi connectivity index (χ4v) is 2.54. The van der Waals surface area contributed by atoms with E-state index in [0.29, 0.717) is 6.54 Å². The second kappa shape index (κ2) is 7.53. The summed E-state index contributed by atoms with van der Waals surface area (Å²) >= 11 is 0. The standard InChI is InChI=1S/C21H18N4O/c1-3-7-19(8-4-1)25-16-18(23-24-25)15-22-17-11-13-21(14-12-17)26-20-9-5-2-6-10-20/h1-14,16,22H,15H2. The van der Waals surface area contributed by atoms with Gasteiger partial charge in [0.15, 0.2) is 0 Å². The molecule has 128 valence electrons. The molecule has 4 aromatic rings. The van der Waals surface area contributed by atoms with Gasteiger partial charge < -0.3 is 10.1 Å². The lowest BCUT2D eigenvalue weighted by atomic mass is 10.3. The third-order valence-electron chi connectivity index (χ3n) is 3.87. The van der Waals surface area contributed by atoms with Crippen LogP contribution in [0.5, 0.6) is 11.5 Å². The molecule has 0 radical (unpaired) electrons. The predicted octanol–water partition coefficient (Wildman–Crippen LogP) is 4.67. The van der Waals surface area contributed by atoms with E-state index in [2.05, 4.69) is 15.6 Å². The number of rotatable bonds is 6. The first-order valence-corrected chi connectivity index (χ1v) is 8.40. The highest BCUT2D eigenvalue weighted by Crippen LogP contribution is 2.22. The maximum Gasteiger partial charge on any atom is 0.127 e. The zero-order valence-corrected chi connectivity index (χ0v) is 14.1. The number of anilines is 1. The van der Waals surface area contributed by atoms with Crippen LogP contribution in [0.2, 0.25) is 0 Å². The Morgan fingerprint density at radius 1 is 0.769 bits per heavy atom. The lowest BCUT2D eigenvalue weighted by Gasteiger charge is -2.07. The fourth-order valence-electron chi connectivity index (χ4n) is 2.54. The van der Waals surface area contributed by atoms with Crippen molar-refractivity contribution in [1.29, 1.82) is 0 Å². The van der Waals surface area contributed by atoms with Gasteiger partial charge in [-0.3, -0.25) is 0 Å². The van der Waals surface area contributed by atoms with Gasteiger partial charge in [-0.2, -0.15) is 0 Å². The first kappa shape index (κ1) is 15.9. The molecule has 0 aliphatic rings. The second-order valence-corrected chi connectivity index (χ2v) is 5.78. The number of nitrogens with one attached hydrogen (secondary N) is 1. The van der Waals surface area contributed by atoms with Crippen molar-refractivity contribution in [3.8, 4) is 17.2 Å². The van der Waals surface area contributed by atoms with Crippen LogP contribution in [0.3, 0.4) is 0 Å². The third-order valence-corrected chi connectivity index (χ3v) is 3.87. The molecule has 0 atom stereocenters. The van der Waals surface area contributed by atoms with E-state index in [4.69, 9.17) is 4.74 Å². The van der Waals surface area contributed by atoms with Crippen LogP contribution in [-0.2, 0) is 6.54 Å². The molecule has 5 heteroatoms. The summed E-state index contributed by atoms with van der Waals surface area (Å²) in [6.07, 6.45) is 1.93. The Morgan fingerprint density at radius 2 is 1.42 bits per heavy atom. The Labute approximate surface area is 151 Å². The van der Waals surface area contributed by atoms with E-state index < -0.39 is 0 Å². The summed E-state index contributed by atoms with van der Waals surface area (Å²) in [6, 6.07) is 27.5. The van der Waals surface area contributed by atoms with Crippen LogP contribution in [0.15, 0.2) is 91.1 Å². The van der Waals surface area contributed by atoms with E-state index in [0.717, 1.165) is 28.6 Å². The first-order chi connectivity index (χ1) is 12.9. The number of aromatic nitrogens is 3. The van der Waals surface area contributed by atoms with Crippen molar-refractivity contribution in [2.24, 2.45) is 0 Å². The van der Waals surface area contributed by atoms with Crippen LogP contribution in [0, 0.1) is 0 Å². The molecule has 0 fully saturated rings. The van der Waals surface area contributed by atoms with Gasteiger partial charge in [0.05, 0.1) is 18.4 Å². The van der Waals surface area contributed by atoms with Crippen LogP contribution in [0.25, 0.3) is 5.69 Å². The predicted molar refractivity (Wildman–Crippen MR) is 102 cm³/mol. The SMILES string of the molecule is c1ccc(Oc2ccc(NCc3cn(-c4ccccc4)nn3)cc2)cc1. The lowest BCUT2D eigenvalue weighted by molar-refractivity contribution is 0.483. The highest BCUT2D eigenvalue weighted by atomic mass is 16.5. The van der Waals surface area contributed by atoms with E-state index in [1.807, 2.05) is 91.1 Å². The molecule has 0 aliphatic heterocycles. The van der Waals surface area contributed by atoms with Gasteiger partial charge in [-0.15, -0.1) is 5.10 Å². The molecule has 4 rings (SSSR count). The summed E-state index contributed by atoms with van der Waals surface area (Å²) in [6.45, 7) is 0.603. The molecule has 1 heterocycles. The van der Waals surface area contributed by atoms with Gasteiger partial charge in [0.25, 0.3) is 0 Å². The second-order valence-electron chi connectivity index (χ2n) is 5.78. The van der Waals surface area contributed by atoms with Crippen molar-refractivity contribution in [2.75, 3.05) is 5.32 Å². The summed E-state index contributed by atoms with van der Waals surface area (Å²) in [5, 5.41) is 11.7. The molecule has 0 aliphatic carbocycles. The molecular formula is C21H18N4O. The first-order valence-electron chi connectivity index (χ1n) is 8.40. The lowest BCUT2D eigenvalue weighted by Crippen LogP contribution is -1.99. The van der Waals surface area contributed by atoms with Gasteiger partial charge in [-0.05, 0) is 48.5 Å². The summed E-state index contributed by atoms with van der Waals surface area (Å²) in [7, 11) is 0. The normalized spacial score (nSPS) is 10.5. The molecular weight excluding hydrogens is 324 g/mol. The Morgan fingerprint density at radius 3 is 2.15 bits per heavy atom. The van der Waals surface area contributed by atoms with Crippen LogP contribution >= 0.6 is 0 Å². The molecule has 1 N–H and O–H groups in total. The van der Waals surface area contributed by atoms with Crippen molar-refractivity contribution in [3.05, 3.63) is 96.8 Å². The Kier molecular flexibility index (Phi) is 4.60. The van der Waals surface area contributed by atoms with E-state index >= 15 is 0 Å². The summed E-state index contributed by atoms with van der Waals surface area (Å²) in [5.74, 6) is 1.63. The van der Waals surface area contributed by atoms with Gasteiger partial charge in [0.1, 0.15) is 17.2 Å². The zero-order chi connectivity index (χ0) is 17.6. The number of ether oxygens (including phenoxy) is 1. The van der Waals surface area contributed by atoms with Gasteiger partial charge in [0.2, 0.25) is 0 Å². The van der Waals surface area contributed by atoms with Gasteiger partial charge in [-0.1, -0.05) is 41.6 Å². The maximum absolute atomic E-state index is 5.79. The molecule has 0 amide bonds. The van der Waals surface area contributed by atoms with E-state index in [-0.39, 0.29) is 0 Å². The monoisotopic (exact) mass is 342 g/mol. The number of benzene rings is 3. The number of para-hydroxylation sites is 2. The van der Waals surface area contributed by atoms with Gasteiger partial charge in [-0.25, -0.2) is 4.68 Å². The van der Waals surface area contributed by atoms with Crippen LogP contribution in [0.1, 0.15) is 5.69 Å². The number of hydrogen-bond acceptors (Lipinski definition) is 4. The highest BCUT2D eigenvalue weighted by molar-refractivity contribution is 5.47. The van der Waals surface area contributed by atoms with Crippen molar-refractivity contribution < 1.29 is 4.74 Å². The van der Waals surface area contributed by atoms with Crippen LogP contribution in [0.4, 0.5) is 5.69 Å². The minimum atomic E-state index is 0.603. The molecule has 0 saturated heterocycles. The molecule has 0 bridgehead atoms. The maximum atomic E-state index is 5.79. The quantitative estimate of drug-likeness (QED) is 0.553. The topological polar surface area (TPSA) is 52.0 Å². The smallest absolute Gasteiger partial charge is 0.127 e. The van der Waals surface area contributed by atoms with Crippen molar-refractivity contribution in [2.45, 2.75) is 6.54 Å². The largest absolute Gasteiger partial charge is 0.457 e. The molecule has 1 aromatic heterocycles. The minimum Gasteiger partial charge on any atom is -0.457 e. The fraction of sp³-hybridized carbons (Fsp3) is 0.0476. The van der Waals surface area contributed by atoms with E-state index in [1.54, 1.807) is 4.68 Å². The Bertz CT molecular complexity index is 950. The van der Waals surface area contributed by atoms with Gasteiger partial charge in [0, 0.05) is 5.69 Å². The third kappa shape index (κ3) is 3.89.